The number of nitrogens with one attached hydrogen (secondary N) is 2. The molecule has 0 aliphatic rings. The SMILES string of the molecule is COC(CNC(=NCC(=O)N(C)C)NCCc1ccccc1)C(C)(C)C. The maximum absolute atomic E-state index is 11.8. The molecular formula is C20H34N4O2. The largest absolute Gasteiger partial charge is 0.379 e. The van der Waals surface area contributed by atoms with Crippen LogP contribution in [0.2, 0.25) is 0 Å². The number of carbonyl (C=O) groups excluding carboxylic acids is 1. The summed E-state index contributed by atoms with van der Waals surface area (Å²) in [6.45, 7) is 7.88. The maximum atomic E-state index is 11.8. The van der Waals surface area contributed by atoms with Crippen molar-refractivity contribution in [2.45, 2.75) is 33.3 Å². The van der Waals surface area contributed by atoms with E-state index in [-0.39, 0.29) is 24.0 Å². The van der Waals surface area contributed by atoms with Gasteiger partial charge in [-0.15, -0.1) is 0 Å². The van der Waals surface area contributed by atoms with Gasteiger partial charge in [0.1, 0.15) is 6.54 Å². The Labute approximate surface area is 158 Å². The maximum Gasteiger partial charge on any atom is 0.243 e. The van der Waals surface area contributed by atoms with Gasteiger partial charge in [-0.05, 0) is 17.4 Å². The molecule has 0 radical (unpaired) electrons. The molecule has 1 rings (SSSR count). The van der Waals surface area contributed by atoms with Crippen molar-refractivity contribution in [2.24, 2.45) is 10.4 Å². The van der Waals surface area contributed by atoms with Gasteiger partial charge in [-0.3, -0.25) is 4.79 Å². The Hall–Kier alpha value is -2.08. The summed E-state index contributed by atoms with van der Waals surface area (Å²) in [4.78, 5) is 17.8. The van der Waals surface area contributed by atoms with Crippen LogP contribution in [0.4, 0.5) is 0 Å². The number of ether oxygens (including phenoxy) is 1. The molecule has 1 amide bonds. The zero-order valence-electron chi connectivity index (χ0n) is 17.0. The molecule has 0 spiro atoms. The second-order valence-corrected chi connectivity index (χ2v) is 7.59. The summed E-state index contributed by atoms with van der Waals surface area (Å²) >= 11 is 0. The van der Waals surface area contributed by atoms with Gasteiger partial charge in [0.05, 0.1) is 6.10 Å². The van der Waals surface area contributed by atoms with Gasteiger partial charge in [0.2, 0.25) is 5.91 Å². The first-order chi connectivity index (χ1) is 12.2. The van der Waals surface area contributed by atoms with Crippen molar-refractivity contribution in [1.82, 2.24) is 15.5 Å². The molecule has 0 saturated carbocycles. The average molecular weight is 363 g/mol. The lowest BCUT2D eigenvalue weighted by molar-refractivity contribution is -0.127. The highest BCUT2D eigenvalue weighted by molar-refractivity contribution is 5.84. The molecule has 6 heteroatoms. The third-order valence-corrected chi connectivity index (χ3v) is 4.13. The molecule has 26 heavy (non-hydrogen) atoms. The fourth-order valence-corrected chi connectivity index (χ4v) is 2.36. The van der Waals surface area contributed by atoms with E-state index < -0.39 is 0 Å². The molecular weight excluding hydrogens is 328 g/mol. The second-order valence-electron chi connectivity index (χ2n) is 7.59. The molecule has 0 heterocycles. The molecule has 6 nitrogen and oxygen atoms in total. The van der Waals surface area contributed by atoms with E-state index in [0.717, 1.165) is 13.0 Å². The number of guanidine groups is 1. The van der Waals surface area contributed by atoms with E-state index in [1.165, 1.54) is 10.5 Å². The zero-order valence-corrected chi connectivity index (χ0v) is 17.0. The molecule has 0 bridgehead atoms. The number of hydrogen-bond acceptors (Lipinski definition) is 3. The monoisotopic (exact) mass is 362 g/mol. The van der Waals surface area contributed by atoms with Gasteiger partial charge < -0.3 is 20.3 Å². The van der Waals surface area contributed by atoms with Crippen LogP contribution in [0.1, 0.15) is 26.3 Å². The summed E-state index contributed by atoms with van der Waals surface area (Å²) in [5.41, 5.74) is 1.27. The highest BCUT2D eigenvalue weighted by Gasteiger charge is 2.24. The number of likely N-dealkylation sites (N-methyl/N-ethyl adjacent to an activating group) is 1. The Morgan fingerprint density at radius 3 is 2.38 bits per heavy atom. The van der Waals surface area contributed by atoms with Crippen LogP contribution in [-0.2, 0) is 16.0 Å². The summed E-state index contributed by atoms with van der Waals surface area (Å²) < 4.78 is 5.58. The van der Waals surface area contributed by atoms with Crippen molar-refractivity contribution in [2.75, 3.05) is 40.8 Å². The Bertz CT molecular complexity index is 565. The zero-order chi connectivity index (χ0) is 19.6. The van der Waals surface area contributed by atoms with Crippen LogP contribution in [0.5, 0.6) is 0 Å². The highest BCUT2D eigenvalue weighted by Crippen LogP contribution is 2.20. The molecule has 146 valence electrons. The molecule has 1 aromatic carbocycles. The van der Waals surface area contributed by atoms with Gasteiger partial charge in [-0.25, -0.2) is 4.99 Å². The van der Waals surface area contributed by atoms with Crippen LogP contribution >= 0.6 is 0 Å². The molecule has 1 atom stereocenters. The van der Waals surface area contributed by atoms with E-state index in [2.05, 4.69) is 48.5 Å². The number of amides is 1. The summed E-state index contributed by atoms with van der Waals surface area (Å²) in [6.07, 6.45) is 0.920. The lowest BCUT2D eigenvalue weighted by atomic mass is 9.89. The minimum Gasteiger partial charge on any atom is -0.379 e. The van der Waals surface area contributed by atoms with Gasteiger partial charge in [0.25, 0.3) is 0 Å². The third kappa shape index (κ3) is 8.34. The van der Waals surface area contributed by atoms with Gasteiger partial charge >= 0.3 is 0 Å². The van der Waals surface area contributed by atoms with E-state index in [1.807, 2.05) is 18.2 Å². The number of hydrogen-bond donors (Lipinski definition) is 2. The Balaban J connectivity index is 2.65. The van der Waals surface area contributed by atoms with Crippen LogP contribution in [0.3, 0.4) is 0 Å². The van der Waals surface area contributed by atoms with Crippen LogP contribution in [0.15, 0.2) is 35.3 Å². The predicted octanol–water partition coefficient (Wildman–Crippen LogP) is 1.91. The number of methoxy groups -OCH3 is 1. The van der Waals surface area contributed by atoms with E-state index in [0.29, 0.717) is 12.5 Å². The lowest BCUT2D eigenvalue weighted by Crippen LogP contribution is -2.46. The minimum atomic E-state index is -0.0340. The van der Waals surface area contributed by atoms with Crippen molar-refractivity contribution in [3.63, 3.8) is 0 Å². The first-order valence-electron chi connectivity index (χ1n) is 9.03. The number of carbonyl (C=O) groups is 1. The number of nitrogens with zero attached hydrogens (tertiary/aromatic N) is 2. The smallest absolute Gasteiger partial charge is 0.243 e. The Morgan fingerprint density at radius 1 is 1.19 bits per heavy atom. The number of benzene rings is 1. The van der Waals surface area contributed by atoms with Crippen molar-refractivity contribution in [3.05, 3.63) is 35.9 Å². The predicted molar refractivity (Wildman–Crippen MR) is 107 cm³/mol. The fraction of sp³-hybridized carbons (Fsp3) is 0.600. The molecule has 1 aromatic rings. The summed E-state index contributed by atoms with van der Waals surface area (Å²) in [5.74, 6) is 0.593. The van der Waals surface area contributed by atoms with Crippen molar-refractivity contribution >= 4 is 11.9 Å². The third-order valence-electron chi connectivity index (χ3n) is 4.13. The second kappa shape index (κ2) is 10.8. The summed E-state index contributed by atoms with van der Waals surface area (Å²) in [5, 5.41) is 6.61. The Kier molecular flexibility index (Phi) is 9.13. The number of aliphatic imine (C=N–C) groups is 1. The molecule has 0 aliphatic heterocycles. The van der Waals surface area contributed by atoms with Gasteiger partial charge in [0.15, 0.2) is 5.96 Å². The van der Waals surface area contributed by atoms with Gasteiger partial charge in [-0.2, -0.15) is 0 Å². The van der Waals surface area contributed by atoms with E-state index in [1.54, 1.807) is 21.2 Å². The minimum absolute atomic E-state index is 0.0103. The van der Waals surface area contributed by atoms with Gasteiger partial charge in [0, 0.05) is 34.3 Å². The Morgan fingerprint density at radius 2 is 1.85 bits per heavy atom. The first kappa shape index (κ1) is 22.0. The summed E-state index contributed by atoms with van der Waals surface area (Å²) in [6, 6.07) is 10.3. The van der Waals surface area contributed by atoms with E-state index >= 15 is 0 Å². The van der Waals surface area contributed by atoms with Crippen LogP contribution in [0.25, 0.3) is 0 Å². The van der Waals surface area contributed by atoms with E-state index in [4.69, 9.17) is 4.74 Å². The topological polar surface area (TPSA) is 66.0 Å². The highest BCUT2D eigenvalue weighted by atomic mass is 16.5. The molecule has 2 N–H and O–H groups in total. The standard InChI is InChI=1S/C20H34N4O2/c1-20(2,3)17(26-6)14-22-19(23-15-18(25)24(4)5)21-13-12-16-10-8-7-9-11-16/h7-11,17H,12-15H2,1-6H3,(H2,21,22,23). The normalized spacial score (nSPS) is 13.2. The number of rotatable bonds is 8. The van der Waals surface area contributed by atoms with Crippen molar-refractivity contribution in [1.29, 1.82) is 0 Å². The van der Waals surface area contributed by atoms with Crippen LogP contribution in [-0.4, -0.2) is 63.7 Å². The van der Waals surface area contributed by atoms with Gasteiger partial charge in [-0.1, -0.05) is 51.1 Å². The van der Waals surface area contributed by atoms with Crippen LogP contribution in [0, 0.1) is 5.41 Å². The quantitative estimate of drug-likeness (QED) is 0.548. The first-order valence-corrected chi connectivity index (χ1v) is 9.03. The molecule has 0 aliphatic carbocycles. The summed E-state index contributed by atoms with van der Waals surface area (Å²) in [7, 11) is 5.18. The average Bonchev–Trinajstić information content (AvgIpc) is 2.58. The fourth-order valence-electron chi connectivity index (χ4n) is 2.36. The molecule has 0 aromatic heterocycles. The van der Waals surface area contributed by atoms with Crippen molar-refractivity contribution < 1.29 is 9.53 Å². The van der Waals surface area contributed by atoms with Crippen LogP contribution < -0.4 is 10.6 Å². The van der Waals surface area contributed by atoms with Crippen molar-refractivity contribution in [3.8, 4) is 0 Å². The lowest BCUT2D eigenvalue weighted by Gasteiger charge is -2.30. The van der Waals surface area contributed by atoms with E-state index in [9.17, 15) is 4.79 Å². The molecule has 1 unspecified atom stereocenters. The molecule has 0 fully saturated rings. The molecule has 0 saturated heterocycles.